The van der Waals surface area contributed by atoms with Crippen molar-refractivity contribution in [3.05, 3.63) is 223 Å². The lowest BCUT2D eigenvalue weighted by molar-refractivity contribution is 0.660. The van der Waals surface area contributed by atoms with Crippen LogP contribution in [0.5, 0.6) is 0 Å². The monoisotopic (exact) mass is 831 g/mol. The number of rotatable bonds is 6. The quantitative estimate of drug-likeness (QED) is 0.168. The number of fused-ring (bicyclic) bond motifs is 10. The van der Waals surface area contributed by atoms with Gasteiger partial charge in [0, 0.05) is 43.8 Å². The highest BCUT2D eigenvalue weighted by atomic mass is 15.2. The van der Waals surface area contributed by atoms with Gasteiger partial charge in [0.05, 0.1) is 22.1 Å². The molecule has 306 valence electrons. The third kappa shape index (κ3) is 5.75. The van der Waals surface area contributed by atoms with Crippen molar-refractivity contribution in [3.8, 4) is 67.8 Å². The molecule has 65 heavy (non-hydrogen) atoms. The Morgan fingerprint density at radius 1 is 0.338 bits per heavy atom. The van der Waals surface area contributed by atoms with E-state index >= 15 is 0 Å². The minimum absolute atomic E-state index is 0.107. The Morgan fingerprint density at radius 2 is 0.846 bits per heavy atom. The average molecular weight is 832 g/mol. The molecule has 0 aliphatic heterocycles. The van der Waals surface area contributed by atoms with Crippen molar-refractivity contribution < 1.29 is 0 Å². The second-order valence-corrected chi connectivity index (χ2v) is 17.6. The van der Waals surface area contributed by atoms with Crippen LogP contribution < -0.4 is 0 Å². The number of para-hydroxylation sites is 2. The standard InChI is InChI=1S/C60H41N5/c1-60(2)51-25-12-9-22-45(51)50-37-43(30-35-52(50)60)58-61-57(40-18-7-4-8-19-40)62-59(63-58)65-54-27-14-11-24-47(54)49-34-33-48-46-23-10-13-26-53(46)64(55(48)56(49)65)44-31-28-39(29-32-44)42-21-15-20-41(36-42)38-16-5-3-6-17-38/h3-37H,1-2H3. The van der Waals surface area contributed by atoms with Crippen molar-refractivity contribution in [2.24, 2.45) is 0 Å². The fraction of sp³-hybridized carbons (Fsp3) is 0.0500. The van der Waals surface area contributed by atoms with Crippen molar-refractivity contribution in [2.75, 3.05) is 0 Å². The lowest BCUT2D eigenvalue weighted by Crippen LogP contribution is -2.14. The molecule has 0 bridgehead atoms. The summed E-state index contributed by atoms with van der Waals surface area (Å²) in [7, 11) is 0. The molecule has 0 radical (unpaired) electrons. The number of aromatic nitrogens is 5. The largest absolute Gasteiger partial charge is 0.307 e. The fourth-order valence-corrected chi connectivity index (χ4v) is 10.5. The molecule has 5 heteroatoms. The molecule has 0 spiro atoms. The van der Waals surface area contributed by atoms with Crippen LogP contribution in [-0.2, 0) is 5.41 Å². The van der Waals surface area contributed by atoms with Gasteiger partial charge >= 0.3 is 0 Å². The summed E-state index contributed by atoms with van der Waals surface area (Å²) < 4.78 is 4.70. The van der Waals surface area contributed by atoms with Crippen molar-refractivity contribution in [2.45, 2.75) is 19.3 Å². The molecule has 13 rings (SSSR count). The summed E-state index contributed by atoms with van der Waals surface area (Å²) in [6.07, 6.45) is 0. The first-order chi connectivity index (χ1) is 32.0. The summed E-state index contributed by atoms with van der Waals surface area (Å²) in [5.41, 5.74) is 17.0. The van der Waals surface area contributed by atoms with E-state index < -0.39 is 0 Å². The molecule has 0 atom stereocenters. The van der Waals surface area contributed by atoms with Crippen LogP contribution in [-0.4, -0.2) is 24.1 Å². The summed E-state index contributed by atoms with van der Waals surface area (Å²) in [6, 6.07) is 76.1. The van der Waals surface area contributed by atoms with E-state index in [-0.39, 0.29) is 5.41 Å². The maximum absolute atomic E-state index is 5.46. The van der Waals surface area contributed by atoms with Gasteiger partial charge in [-0.05, 0) is 80.9 Å². The highest BCUT2D eigenvalue weighted by molar-refractivity contribution is 6.23. The van der Waals surface area contributed by atoms with Gasteiger partial charge in [-0.25, -0.2) is 4.98 Å². The molecule has 0 saturated heterocycles. The minimum atomic E-state index is -0.107. The summed E-state index contributed by atoms with van der Waals surface area (Å²) in [4.78, 5) is 16.1. The zero-order chi connectivity index (χ0) is 43.2. The maximum Gasteiger partial charge on any atom is 0.238 e. The smallest absolute Gasteiger partial charge is 0.238 e. The third-order valence-corrected chi connectivity index (χ3v) is 13.6. The van der Waals surface area contributed by atoms with E-state index in [0.29, 0.717) is 17.6 Å². The lowest BCUT2D eigenvalue weighted by Gasteiger charge is -2.21. The molecule has 0 N–H and O–H groups in total. The summed E-state index contributed by atoms with van der Waals surface area (Å²) >= 11 is 0. The van der Waals surface area contributed by atoms with Crippen LogP contribution in [0.3, 0.4) is 0 Å². The Morgan fingerprint density at radius 3 is 1.54 bits per heavy atom. The Kier molecular flexibility index (Phi) is 8.18. The van der Waals surface area contributed by atoms with E-state index in [9.17, 15) is 0 Å². The first-order valence-electron chi connectivity index (χ1n) is 22.3. The SMILES string of the molecule is CC1(C)c2ccccc2-c2cc(-c3nc(-c4ccccc4)nc(-n4c5ccccc5c5ccc6c7ccccc7n(-c7ccc(-c8cccc(-c9ccccc9)c8)cc7)c6c54)n3)ccc21. The Hall–Kier alpha value is -8.41. The number of nitrogens with zero attached hydrogens (tertiary/aromatic N) is 5. The van der Waals surface area contributed by atoms with Gasteiger partial charge in [-0.1, -0.05) is 190 Å². The molecular weight excluding hydrogens is 791 g/mol. The topological polar surface area (TPSA) is 48.5 Å². The van der Waals surface area contributed by atoms with Gasteiger partial charge < -0.3 is 4.57 Å². The van der Waals surface area contributed by atoms with Crippen LogP contribution in [0.25, 0.3) is 111 Å². The van der Waals surface area contributed by atoms with Crippen LogP contribution in [0.15, 0.2) is 212 Å². The molecule has 1 aliphatic carbocycles. The molecule has 3 aromatic heterocycles. The molecule has 12 aromatic rings. The van der Waals surface area contributed by atoms with Crippen molar-refractivity contribution in [3.63, 3.8) is 0 Å². The fourth-order valence-electron chi connectivity index (χ4n) is 10.5. The van der Waals surface area contributed by atoms with E-state index in [4.69, 9.17) is 15.0 Å². The van der Waals surface area contributed by atoms with E-state index in [1.807, 2.05) is 18.2 Å². The van der Waals surface area contributed by atoms with Gasteiger partial charge in [0.25, 0.3) is 0 Å². The van der Waals surface area contributed by atoms with Crippen molar-refractivity contribution in [1.29, 1.82) is 0 Å². The summed E-state index contributed by atoms with van der Waals surface area (Å²) in [6.45, 7) is 4.63. The van der Waals surface area contributed by atoms with Gasteiger partial charge in [-0.2, -0.15) is 9.97 Å². The van der Waals surface area contributed by atoms with Crippen LogP contribution in [0, 0.1) is 0 Å². The molecule has 0 fully saturated rings. The molecule has 1 aliphatic rings. The van der Waals surface area contributed by atoms with Gasteiger partial charge in [0.2, 0.25) is 5.95 Å². The van der Waals surface area contributed by atoms with E-state index in [1.165, 1.54) is 44.3 Å². The van der Waals surface area contributed by atoms with Gasteiger partial charge in [-0.15, -0.1) is 0 Å². The molecule has 0 unspecified atom stereocenters. The Balaban J connectivity index is 1.05. The molecule has 9 aromatic carbocycles. The van der Waals surface area contributed by atoms with E-state index in [1.54, 1.807) is 0 Å². The highest BCUT2D eigenvalue weighted by Gasteiger charge is 2.35. The maximum atomic E-state index is 5.46. The van der Waals surface area contributed by atoms with Gasteiger partial charge in [-0.3, -0.25) is 4.57 Å². The number of benzene rings is 9. The molecule has 0 saturated carbocycles. The summed E-state index contributed by atoms with van der Waals surface area (Å²) in [5.74, 6) is 1.82. The third-order valence-electron chi connectivity index (χ3n) is 13.6. The lowest BCUT2D eigenvalue weighted by atomic mass is 9.82. The Bertz CT molecular complexity index is 3840. The zero-order valence-electron chi connectivity index (χ0n) is 35.9. The van der Waals surface area contributed by atoms with Crippen LogP contribution in [0.1, 0.15) is 25.0 Å². The van der Waals surface area contributed by atoms with E-state index in [0.717, 1.165) is 60.6 Å². The van der Waals surface area contributed by atoms with Crippen LogP contribution in [0.4, 0.5) is 0 Å². The summed E-state index contributed by atoms with van der Waals surface area (Å²) in [5, 5.41) is 4.61. The van der Waals surface area contributed by atoms with Crippen LogP contribution in [0.2, 0.25) is 0 Å². The van der Waals surface area contributed by atoms with Crippen molar-refractivity contribution >= 4 is 43.6 Å². The minimum Gasteiger partial charge on any atom is -0.307 e. The average Bonchev–Trinajstić information content (AvgIpc) is 3.97. The predicted molar refractivity (Wildman–Crippen MR) is 268 cm³/mol. The normalized spacial score (nSPS) is 12.9. The first kappa shape index (κ1) is 37.2. The number of hydrogen-bond donors (Lipinski definition) is 0. The molecule has 3 heterocycles. The predicted octanol–water partition coefficient (Wildman–Crippen LogP) is 15.0. The first-order valence-corrected chi connectivity index (χ1v) is 22.3. The van der Waals surface area contributed by atoms with E-state index in [2.05, 4.69) is 217 Å². The second-order valence-electron chi connectivity index (χ2n) is 17.6. The highest BCUT2D eigenvalue weighted by Crippen LogP contribution is 2.49. The Labute approximate surface area is 376 Å². The van der Waals surface area contributed by atoms with Gasteiger partial charge in [0.15, 0.2) is 11.6 Å². The molecular formula is C60H41N5. The second kappa shape index (κ2) is 14.3. The van der Waals surface area contributed by atoms with Crippen molar-refractivity contribution in [1.82, 2.24) is 24.1 Å². The molecule has 5 nitrogen and oxygen atoms in total. The number of hydrogen-bond acceptors (Lipinski definition) is 3. The molecule has 0 amide bonds. The van der Waals surface area contributed by atoms with Gasteiger partial charge in [0.1, 0.15) is 0 Å². The van der Waals surface area contributed by atoms with Crippen LogP contribution >= 0.6 is 0 Å². The zero-order valence-corrected chi connectivity index (χ0v) is 35.9.